The molecule has 7 nitrogen and oxygen atoms in total. The van der Waals surface area contributed by atoms with E-state index in [-0.39, 0.29) is 0 Å². The fraction of sp³-hybridized carbons (Fsp3) is 0.318. The molecule has 1 saturated heterocycles. The molecule has 1 aliphatic heterocycles. The number of aromatic nitrogens is 3. The monoisotopic (exact) mass is 390 g/mol. The van der Waals surface area contributed by atoms with Gasteiger partial charge in [-0.15, -0.1) is 0 Å². The molecule has 4 rings (SSSR count). The second-order valence-corrected chi connectivity index (χ2v) is 7.26. The van der Waals surface area contributed by atoms with Crippen molar-refractivity contribution in [3.8, 4) is 17.1 Å². The second-order valence-electron chi connectivity index (χ2n) is 7.26. The summed E-state index contributed by atoms with van der Waals surface area (Å²) in [5.74, 6) is 1.11. The number of benzene rings is 1. The molecule has 1 N–H and O–H groups in total. The lowest BCUT2D eigenvalue weighted by molar-refractivity contribution is 0.148. The Balaban J connectivity index is 1.47. The molecule has 0 unspecified atom stereocenters. The highest BCUT2D eigenvalue weighted by Gasteiger charge is 2.14. The molecule has 0 aliphatic carbocycles. The molecule has 2 aromatic heterocycles. The van der Waals surface area contributed by atoms with Gasteiger partial charge in [0.1, 0.15) is 0 Å². The molecule has 29 heavy (non-hydrogen) atoms. The van der Waals surface area contributed by atoms with Crippen molar-refractivity contribution >= 4 is 11.6 Å². The topological polar surface area (TPSA) is 66.4 Å². The maximum absolute atomic E-state index is 5.09. The lowest BCUT2D eigenvalue weighted by Crippen LogP contribution is -2.43. The standard InChI is InChI=1S/C22H26N6O/c1-27-10-12-28(13-11-27)16-17-4-3-5-18(14-17)20-8-9-23-22(26-20)25-19-6-7-21(29-2)24-15-19/h3-9,14-15H,10-13,16H2,1-2H3,(H,23,25,26). The first kappa shape index (κ1) is 19.3. The molecule has 0 radical (unpaired) electrons. The van der Waals surface area contributed by atoms with Gasteiger partial charge in [-0.3, -0.25) is 4.90 Å². The van der Waals surface area contributed by atoms with Crippen molar-refractivity contribution in [3.05, 3.63) is 60.4 Å². The highest BCUT2D eigenvalue weighted by molar-refractivity contribution is 5.62. The van der Waals surface area contributed by atoms with Crippen LogP contribution in [0.3, 0.4) is 0 Å². The zero-order chi connectivity index (χ0) is 20.1. The van der Waals surface area contributed by atoms with Gasteiger partial charge in [0.25, 0.3) is 0 Å². The van der Waals surface area contributed by atoms with Gasteiger partial charge in [0, 0.05) is 50.6 Å². The molecule has 3 heterocycles. The number of piperazine rings is 1. The number of nitrogens with one attached hydrogen (secondary N) is 1. The summed E-state index contributed by atoms with van der Waals surface area (Å²) in [4.78, 5) is 18.1. The Bertz CT molecular complexity index is 938. The average molecular weight is 390 g/mol. The SMILES string of the molecule is COc1ccc(Nc2nccc(-c3cccc(CN4CCN(C)CC4)c3)n2)cn1. The molecule has 7 heteroatoms. The Morgan fingerprint density at radius 1 is 1.03 bits per heavy atom. The van der Waals surface area contributed by atoms with Gasteiger partial charge in [-0.1, -0.05) is 18.2 Å². The Morgan fingerprint density at radius 3 is 2.66 bits per heavy atom. The van der Waals surface area contributed by atoms with E-state index in [0.717, 1.165) is 49.7 Å². The third kappa shape index (κ3) is 5.07. The molecule has 150 valence electrons. The highest BCUT2D eigenvalue weighted by Crippen LogP contribution is 2.22. The van der Waals surface area contributed by atoms with E-state index < -0.39 is 0 Å². The van der Waals surface area contributed by atoms with E-state index in [9.17, 15) is 0 Å². The molecular weight excluding hydrogens is 364 g/mol. The Labute approximate surface area is 171 Å². The number of likely N-dealkylation sites (N-methyl/N-ethyl adjacent to an activating group) is 1. The molecule has 1 aromatic carbocycles. The summed E-state index contributed by atoms with van der Waals surface area (Å²) in [6, 6.07) is 14.2. The summed E-state index contributed by atoms with van der Waals surface area (Å²) in [6.45, 7) is 5.44. The number of hydrogen-bond donors (Lipinski definition) is 1. The van der Waals surface area contributed by atoms with Gasteiger partial charge >= 0.3 is 0 Å². The normalized spacial score (nSPS) is 15.2. The van der Waals surface area contributed by atoms with Crippen LogP contribution >= 0.6 is 0 Å². The van der Waals surface area contributed by atoms with E-state index in [4.69, 9.17) is 4.74 Å². The van der Waals surface area contributed by atoms with E-state index in [1.165, 1.54) is 5.56 Å². The van der Waals surface area contributed by atoms with Crippen molar-refractivity contribution in [1.29, 1.82) is 0 Å². The number of ether oxygens (including phenoxy) is 1. The number of hydrogen-bond acceptors (Lipinski definition) is 7. The van der Waals surface area contributed by atoms with Crippen LogP contribution < -0.4 is 10.1 Å². The lowest BCUT2D eigenvalue weighted by Gasteiger charge is -2.32. The summed E-state index contributed by atoms with van der Waals surface area (Å²) in [5.41, 5.74) is 4.10. The van der Waals surface area contributed by atoms with Gasteiger partial charge in [-0.05, 0) is 30.8 Å². The summed E-state index contributed by atoms with van der Waals surface area (Å²) in [6.07, 6.45) is 3.47. The predicted octanol–water partition coefficient (Wildman–Crippen LogP) is 3.04. The third-order valence-corrected chi connectivity index (χ3v) is 5.08. The van der Waals surface area contributed by atoms with Gasteiger partial charge in [-0.2, -0.15) is 0 Å². The van der Waals surface area contributed by atoms with Gasteiger partial charge in [0.15, 0.2) is 0 Å². The predicted molar refractivity (Wildman–Crippen MR) is 114 cm³/mol. The molecule has 3 aromatic rings. The molecule has 0 saturated carbocycles. The zero-order valence-electron chi connectivity index (χ0n) is 16.9. The fourth-order valence-corrected chi connectivity index (χ4v) is 3.38. The van der Waals surface area contributed by atoms with Crippen molar-refractivity contribution < 1.29 is 4.74 Å². The van der Waals surface area contributed by atoms with Crippen molar-refractivity contribution in [3.63, 3.8) is 0 Å². The third-order valence-electron chi connectivity index (χ3n) is 5.08. The van der Waals surface area contributed by atoms with E-state index in [1.807, 2.05) is 12.1 Å². The number of nitrogens with zero attached hydrogens (tertiary/aromatic N) is 5. The van der Waals surface area contributed by atoms with Crippen LogP contribution in [0.25, 0.3) is 11.3 Å². The Hall–Kier alpha value is -3.03. The maximum atomic E-state index is 5.09. The van der Waals surface area contributed by atoms with Crippen molar-refractivity contribution in [2.75, 3.05) is 45.7 Å². The van der Waals surface area contributed by atoms with Crippen LogP contribution in [0, 0.1) is 0 Å². The average Bonchev–Trinajstić information content (AvgIpc) is 2.76. The minimum atomic E-state index is 0.541. The number of methoxy groups -OCH3 is 1. The van der Waals surface area contributed by atoms with Crippen molar-refractivity contribution in [2.24, 2.45) is 0 Å². The van der Waals surface area contributed by atoms with Crippen LogP contribution in [0.1, 0.15) is 5.56 Å². The highest BCUT2D eigenvalue weighted by atomic mass is 16.5. The van der Waals surface area contributed by atoms with Gasteiger partial charge in [0.05, 0.1) is 24.7 Å². The number of pyridine rings is 1. The van der Waals surface area contributed by atoms with E-state index >= 15 is 0 Å². The second kappa shape index (κ2) is 8.98. The van der Waals surface area contributed by atoms with Crippen LogP contribution in [0.2, 0.25) is 0 Å². The molecule has 1 aliphatic rings. The molecule has 0 bridgehead atoms. The number of rotatable bonds is 6. The first-order valence-electron chi connectivity index (χ1n) is 9.80. The maximum Gasteiger partial charge on any atom is 0.227 e. The molecular formula is C22H26N6O. The minimum Gasteiger partial charge on any atom is -0.481 e. The largest absolute Gasteiger partial charge is 0.481 e. The summed E-state index contributed by atoms with van der Waals surface area (Å²) in [5, 5.41) is 3.20. The van der Waals surface area contributed by atoms with E-state index in [0.29, 0.717) is 11.8 Å². The molecule has 0 amide bonds. The van der Waals surface area contributed by atoms with Crippen LogP contribution in [-0.2, 0) is 6.54 Å². The molecule has 0 spiro atoms. The van der Waals surface area contributed by atoms with Gasteiger partial charge in [0.2, 0.25) is 11.8 Å². The smallest absolute Gasteiger partial charge is 0.227 e. The zero-order valence-corrected chi connectivity index (χ0v) is 16.9. The van der Waals surface area contributed by atoms with Gasteiger partial charge in [-0.25, -0.2) is 15.0 Å². The summed E-state index contributed by atoms with van der Waals surface area (Å²) >= 11 is 0. The van der Waals surface area contributed by atoms with Crippen LogP contribution in [-0.4, -0.2) is 65.1 Å². The van der Waals surface area contributed by atoms with Crippen LogP contribution in [0.15, 0.2) is 54.9 Å². The first-order valence-corrected chi connectivity index (χ1v) is 9.80. The summed E-state index contributed by atoms with van der Waals surface area (Å²) < 4.78 is 5.09. The van der Waals surface area contributed by atoms with Gasteiger partial charge < -0.3 is 15.0 Å². The lowest BCUT2D eigenvalue weighted by atomic mass is 10.1. The molecule has 0 atom stereocenters. The quantitative estimate of drug-likeness (QED) is 0.694. The Morgan fingerprint density at radius 2 is 1.90 bits per heavy atom. The number of anilines is 2. The van der Waals surface area contributed by atoms with E-state index in [2.05, 4.69) is 61.4 Å². The fourth-order valence-electron chi connectivity index (χ4n) is 3.38. The van der Waals surface area contributed by atoms with Crippen LogP contribution in [0.5, 0.6) is 5.88 Å². The van der Waals surface area contributed by atoms with Crippen molar-refractivity contribution in [2.45, 2.75) is 6.54 Å². The van der Waals surface area contributed by atoms with Crippen molar-refractivity contribution in [1.82, 2.24) is 24.8 Å². The minimum absolute atomic E-state index is 0.541. The van der Waals surface area contributed by atoms with E-state index in [1.54, 1.807) is 25.6 Å². The Kier molecular flexibility index (Phi) is 5.97. The first-order chi connectivity index (χ1) is 14.2. The molecule has 1 fully saturated rings. The summed E-state index contributed by atoms with van der Waals surface area (Å²) in [7, 11) is 3.78. The van der Waals surface area contributed by atoms with Crippen LogP contribution in [0.4, 0.5) is 11.6 Å².